The first kappa shape index (κ1) is 18.5. The minimum atomic E-state index is -1.06. The van der Waals surface area contributed by atoms with E-state index in [0.29, 0.717) is 5.69 Å². The standard InChI is InChI=1S/C18H21N3O4S/c22-16(19-10-17(23)24)9-15-12-26-18(20-15)14-3-1-2-13(8-14)11-21-4-6-25-7-5-21/h1-3,8,12H,4-7,9-11H2,(H,19,22)(H,23,24). The molecule has 0 aliphatic carbocycles. The molecule has 2 heterocycles. The van der Waals surface area contributed by atoms with Gasteiger partial charge in [-0.3, -0.25) is 14.5 Å². The van der Waals surface area contributed by atoms with Crippen molar-refractivity contribution in [1.82, 2.24) is 15.2 Å². The highest BCUT2D eigenvalue weighted by Gasteiger charge is 2.13. The number of thiazole rings is 1. The van der Waals surface area contributed by atoms with E-state index < -0.39 is 5.97 Å². The number of carboxylic acid groups (broad SMARTS) is 1. The van der Waals surface area contributed by atoms with Crippen LogP contribution >= 0.6 is 11.3 Å². The fourth-order valence-electron chi connectivity index (χ4n) is 2.74. The minimum absolute atomic E-state index is 0.0806. The molecule has 1 amide bonds. The molecule has 26 heavy (non-hydrogen) atoms. The molecule has 0 unspecified atom stereocenters. The zero-order valence-electron chi connectivity index (χ0n) is 14.3. The van der Waals surface area contributed by atoms with E-state index in [1.807, 2.05) is 17.5 Å². The molecular formula is C18H21N3O4S. The van der Waals surface area contributed by atoms with E-state index in [9.17, 15) is 9.59 Å². The number of hydrogen-bond acceptors (Lipinski definition) is 6. The predicted molar refractivity (Wildman–Crippen MR) is 98.0 cm³/mol. The lowest BCUT2D eigenvalue weighted by molar-refractivity contribution is -0.137. The summed E-state index contributed by atoms with van der Waals surface area (Å²) in [6.45, 7) is 3.94. The number of benzene rings is 1. The molecule has 0 saturated carbocycles. The quantitative estimate of drug-likeness (QED) is 0.760. The van der Waals surface area contributed by atoms with E-state index in [4.69, 9.17) is 9.84 Å². The summed E-state index contributed by atoms with van der Waals surface area (Å²) < 4.78 is 5.38. The van der Waals surface area contributed by atoms with Gasteiger partial charge in [-0.1, -0.05) is 18.2 Å². The highest BCUT2D eigenvalue weighted by Crippen LogP contribution is 2.25. The van der Waals surface area contributed by atoms with Crippen LogP contribution in [0.4, 0.5) is 0 Å². The Labute approximate surface area is 155 Å². The van der Waals surface area contributed by atoms with E-state index in [2.05, 4.69) is 27.3 Å². The number of ether oxygens (including phenoxy) is 1. The van der Waals surface area contributed by atoms with Crippen molar-refractivity contribution in [3.63, 3.8) is 0 Å². The van der Waals surface area contributed by atoms with Crippen molar-refractivity contribution in [3.8, 4) is 10.6 Å². The maximum Gasteiger partial charge on any atom is 0.322 e. The molecule has 1 aromatic heterocycles. The van der Waals surface area contributed by atoms with Crippen molar-refractivity contribution < 1.29 is 19.4 Å². The predicted octanol–water partition coefficient (Wildman–Crippen LogP) is 1.39. The SMILES string of the molecule is O=C(O)CNC(=O)Cc1csc(-c2cccc(CN3CCOCC3)c2)n1. The number of hydrogen-bond donors (Lipinski definition) is 2. The maximum atomic E-state index is 11.7. The van der Waals surface area contributed by atoms with E-state index in [-0.39, 0.29) is 18.9 Å². The summed E-state index contributed by atoms with van der Waals surface area (Å²) in [6.07, 6.45) is 0.0806. The molecule has 0 spiro atoms. The van der Waals surface area contributed by atoms with Crippen molar-refractivity contribution in [3.05, 3.63) is 40.9 Å². The Balaban J connectivity index is 1.62. The smallest absolute Gasteiger partial charge is 0.322 e. The van der Waals surface area contributed by atoms with Crippen LogP contribution in [-0.2, 0) is 27.3 Å². The largest absolute Gasteiger partial charge is 0.480 e. The Morgan fingerprint density at radius 3 is 2.88 bits per heavy atom. The Bertz CT molecular complexity index is 771. The average Bonchev–Trinajstić information content (AvgIpc) is 3.09. The second kappa shape index (κ2) is 8.88. The fourth-order valence-corrected chi connectivity index (χ4v) is 3.56. The highest BCUT2D eigenvalue weighted by molar-refractivity contribution is 7.13. The van der Waals surface area contributed by atoms with Gasteiger partial charge in [0.1, 0.15) is 11.6 Å². The van der Waals surface area contributed by atoms with Gasteiger partial charge in [-0.25, -0.2) is 4.98 Å². The summed E-state index contributed by atoms with van der Waals surface area (Å²) in [6, 6.07) is 8.26. The number of carboxylic acids is 1. The first-order valence-electron chi connectivity index (χ1n) is 8.42. The first-order chi connectivity index (χ1) is 12.6. The maximum absolute atomic E-state index is 11.7. The van der Waals surface area contributed by atoms with Gasteiger partial charge in [-0.2, -0.15) is 0 Å². The number of nitrogens with zero attached hydrogens (tertiary/aromatic N) is 2. The van der Waals surface area contributed by atoms with Crippen molar-refractivity contribution in [1.29, 1.82) is 0 Å². The second-order valence-electron chi connectivity index (χ2n) is 6.08. The van der Waals surface area contributed by atoms with Crippen LogP contribution in [0.5, 0.6) is 0 Å². The Morgan fingerprint density at radius 1 is 1.31 bits per heavy atom. The van der Waals surface area contributed by atoms with E-state index >= 15 is 0 Å². The lowest BCUT2D eigenvalue weighted by Crippen LogP contribution is -2.35. The van der Waals surface area contributed by atoms with Gasteiger partial charge in [0.2, 0.25) is 5.91 Å². The zero-order chi connectivity index (χ0) is 18.4. The number of morpholine rings is 1. The summed E-state index contributed by atoms with van der Waals surface area (Å²) in [7, 11) is 0. The van der Waals surface area contributed by atoms with Crippen LogP contribution in [0, 0.1) is 0 Å². The third kappa shape index (κ3) is 5.35. The highest BCUT2D eigenvalue weighted by atomic mass is 32.1. The van der Waals surface area contributed by atoms with Crippen molar-refractivity contribution in [2.45, 2.75) is 13.0 Å². The van der Waals surface area contributed by atoms with Gasteiger partial charge in [0.25, 0.3) is 0 Å². The number of rotatable bonds is 7. The fraction of sp³-hybridized carbons (Fsp3) is 0.389. The molecule has 1 fully saturated rings. The van der Waals surface area contributed by atoms with Crippen LogP contribution in [0.3, 0.4) is 0 Å². The van der Waals surface area contributed by atoms with Crippen LogP contribution in [0.25, 0.3) is 10.6 Å². The molecule has 2 N–H and O–H groups in total. The summed E-state index contributed by atoms with van der Waals surface area (Å²) in [5, 5.41) is 13.6. The van der Waals surface area contributed by atoms with Gasteiger partial charge in [0, 0.05) is 30.6 Å². The van der Waals surface area contributed by atoms with Crippen LogP contribution in [0.1, 0.15) is 11.3 Å². The van der Waals surface area contributed by atoms with Crippen LogP contribution < -0.4 is 5.32 Å². The van der Waals surface area contributed by atoms with Gasteiger partial charge >= 0.3 is 5.97 Å². The Morgan fingerprint density at radius 2 is 2.12 bits per heavy atom. The minimum Gasteiger partial charge on any atom is -0.480 e. The number of aliphatic carboxylic acids is 1. The van der Waals surface area contributed by atoms with Gasteiger partial charge in [0.05, 0.1) is 25.3 Å². The number of aromatic nitrogens is 1. The van der Waals surface area contributed by atoms with Gasteiger partial charge < -0.3 is 15.2 Å². The lowest BCUT2D eigenvalue weighted by Gasteiger charge is -2.26. The molecule has 3 rings (SSSR count). The van der Waals surface area contributed by atoms with Gasteiger partial charge in [-0.15, -0.1) is 11.3 Å². The third-order valence-electron chi connectivity index (χ3n) is 4.01. The number of amides is 1. The zero-order valence-corrected chi connectivity index (χ0v) is 15.1. The first-order valence-corrected chi connectivity index (χ1v) is 9.30. The molecule has 0 bridgehead atoms. The normalized spacial score (nSPS) is 14.9. The summed E-state index contributed by atoms with van der Waals surface area (Å²) in [4.78, 5) is 29.1. The molecular weight excluding hydrogens is 354 g/mol. The molecule has 0 atom stereocenters. The number of carbonyl (C=O) groups is 2. The molecule has 1 aromatic carbocycles. The van der Waals surface area contributed by atoms with Crippen molar-refractivity contribution >= 4 is 23.2 Å². The average molecular weight is 375 g/mol. The van der Waals surface area contributed by atoms with Crippen LogP contribution in [0.2, 0.25) is 0 Å². The van der Waals surface area contributed by atoms with Gasteiger partial charge in [0.15, 0.2) is 0 Å². The molecule has 0 radical (unpaired) electrons. The topological polar surface area (TPSA) is 91.8 Å². The van der Waals surface area contributed by atoms with Crippen molar-refractivity contribution in [2.75, 3.05) is 32.8 Å². The van der Waals surface area contributed by atoms with Crippen LogP contribution in [-0.4, -0.2) is 59.7 Å². The van der Waals surface area contributed by atoms with E-state index in [1.54, 1.807) is 0 Å². The Kier molecular flexibility index (Phi) is 6.32. The molecule has 8 heteroatoms. The summed E-state index contributed by atoms with van der Waals surface area (Å²) in [5.41, 5.74) is 2.89. The number of carbonyl (C=O) groups excluding carboxylic acids is 1. The second-order valence-corrected chi connectivity index (χ2v) is 6.94. The summed E-state index contributed by atoms with van der Waals surface area (Å²) in [5.74, 6) is -1.40. The summed E-state index contributed by atoms with van der Waals surface area (Å²) >= 11 is 1.48. The Hall–Kier alpha value is -2.29. The molecule has 1 aliphatic rings. The number of nitrogens with one attached hydrogen (secondary N) is 1. The molecule has 2 aromatic rings. The third-order valence-corrected chi connectivity index (χ3v) is 4.95. The lowest BCUT2D eigenvalue weighted by atomic mass is 10.1. The van der Waals surface area contributed by atoms with Gasteiger partial charge in [-0.05, 0) is 11.6 Å². The molecule has 1 aliphatic heterocycles. The van der Waals surface area contributed by atoms with E-state index in [0.717, 1.165) is 43.4 Å². The van der Waals surface area contributed by atoms with E-state index in [1.165, 1.54) is 16.9 Å². The van der Waals surface area contributed by atoms with Crippen molar-refractivity contribution in [2.24, 2.45) is 0 Å². The molecule has 1 saturated heterocycles. The molecule has 138 valence electrons. The molecule has 7 nitrogen and oxygen atoms in total. The van der Waals surface area contributed by atoms with Crippen LogP contribution in [0.15, 0.2) is 29.6 Å². The monoisotopic (exact) mass is 375 g/mol.